The molecule has 0 unspecified atom stereocenters. The molecule has 1 aromatic heterocycles. The van der Waals surface area contributed by atoms with Crippen molar-refractivity contribution in [2.75, 3.05) is 4.90 Å². The number of hydrogen-bond acceptors (Lipinski definition) is 4. The minimum atomic E-state index is -0.476. The van der Waals surface area contributed by atoms with Crippen molar-refractivity contribution in [3.8, 4) is 0 Å². The second kappa shape index (κ2) is 6.65. The zero-order valence-electron chi connectivity index (χ0n) is 15.0. The van der Waals surface area contributed by atoms with Gasteiger partial charge in [-0.25, -0.2) is 0 Å². The smallest absolute Gasteiger partial charge is 0.240 e. The van der Waals surface area contributed by atoms with Gasteiger partial charge in [-0.05, 0) is 48.1 Å². The molecular formula is C21H21N3OS. The lowest BCUT2D eigenvalue weighted by Gasteiger charge is -2.29. The van der Waals surface area contributed by atoms with Crippen LogP contribution >= 0.6 is 11.3 Å². The van der Waals surface area contributed by atoms with Crippen LogP contribution < -0.4 is 4.90 Å². The zero-order chi connectivity index (χ0) is 18.1. The van der Waals surface area contributed by atoms with E-state index < -0.39 is 5.41 Å². The molecule has 0 fully saturated rings. The van der Waals surface area contributed by atoms with Crippen molar-refractivity contribution in [3.05, 3.63) is 70.7 Å². The van der Waals surface area contributed by atoms with Gasteiger partial charge in [0.2, 0.25) is 11.0 Å². The van der Waals surface area contributed by atoms with Gasteiger partial charge in [-0.3, -0.25) is 9.69 Å². The number of aryl methyl sites for hydroxylation is 1. The predicted octanol–water partition coefficient (Wildman–Crippen LogP) is 4.57. The van der Waals surface area contributed by atoms with Crippen LogP contribution in [0.25, 0.3) is 0 Å². The highest BCUT2D eigenvalue weighted by atomic mass is 32.1. The number of carbonyl (C=O) groups excluding carboxylic acids is 1. The van der Waals surface area contributed by atoms with Crippen molar-refractivity contribution in [1.82, 2.24) is 10.2 Å². The van der Waals surface area contributed by atoms with Crippen LogP contribution in [0, 0.1) is 5.41 Å². The van der Waals surface area contributed by atoms with Gasteiger partial charge < -0.3 is 0 Å². The largest absolute Gasteiger partial charge is 0.273 e. The fourth-order valence-electron chi connectivity index (χ4n) is 3.72. The van der Waals surface area contributed by atoms with Crippen LogP contribution in [0.1, 0.15) is 30.5 Å². The van der Waals surface area contributed by atoms with Gasteiger partial charge in [0, 0.05) is 0 Å². The van der Waals surface area contributed by atoms with Crippen molar-refractivity contribution in [1.29, 1.82) is 0 Å². The van der Waals surface area contributed by atoms with Gasteiger partial charge in [-0.2, -0.15) is 0 Å². The lowest BCUT2D eigenvalue weighted by atomic mass is 9.85. The molecule has 3 aromatic rings. The summed E-state index contributed by atoms with van der Waals surface area (Å²) in [6, 6.07) is 16.3. The topological polar surface area (TPSA) is 46.1 Å². The van der Waals surface area contributed by atoms with Crippen molar-refractivity contribution in [2.24, 2.45) is 5.41 Å². The molecule has 0 radical (unpaired) electrons. The van der Waals surface area contributed by atoms with Crippen LogP contribution in [0.3, 0.4) is 0 Å². The first-order chi connectivity index (χ1) is 12.6. The van der Waals surface area contributed by atoms with Crippen LogP contribution in [0.4, 0.5) is 10.8 Å². The molecule has 1 atom stereocenters. The summed E-state index contributed by atoms with van der Waals surface area (Å²) in [7, 11) is 0. The molecule has 26 heavy (non-hydrogen) atoms. The first-order valence-electron chi connectivity index (χ1n) is 8.87. The molecule has 1 aliphatic carbocycles. The average Bonchev–Trinajstić information content (AvgIpc) is 3.29. The van der Waals surface area contributed by atoms with E-state index in [4.69, 9.17) is 0 Å². The summed E-state index contributed by atoms with van der Waals surface area (Å²) in [6.45, 7) is 4.23. The van der Waals surface area contributed by atoms with Crippen LogP contribution in [-0.2, 0) is 24.1 Å². The molecule has 0 bridgehead atoms. The van der Waals surface area contributed by atoms with Gasteiger partial charge in [0.15, 0.2) is 0 Å². The zero-order valence-corrected chi connectivity index (χ0v) is 15.8. The number of amides is 1. The molecule has 0 saturated carbocycles. The van der Waals surface area contributed by atoms with Gasteiger partial charge in [-0.15, -0.1) is 10.2 Å². The molecule has 0 aliphatic heterocycles. The molecule has 0 N–H and O–H groups in total. The number of para-hydroxylation sites is 1. The second-order valence-corrected chi connectivity index (χ2v) is 7.88. The molecule has 4 nitrogen and oxygen atoms in total. The standard InChI is InChI=1S/C21H21N3OS/c1-3-15-9-10-16-12-21(2,13-17(16)11-15)19(25)24(20-23-22-14-26-20)18-7-5-4-6-8-18/h4-11,14H,3,12-13H2,1-2H3/t21-/m0/s1. The molecule has 2 aromatic carbocycles. The van der Waals surface area contributed by atoms with Gasteiger partial charge in [0.25, 0.3) is 0 Å². The number of hydrogen-bond donors (Lipinski definition) is 0. The molecule has 1 heterocycles. The Hall–Kier alpha value is -2.53. The Morgan fingerprint density at radius 2 is 1.92 bits per heavy atom. The summed E-state index contributed by atoms with van der Waals surface area (Å²) in [6.07, 6.45) is 2.53. The number of anilines is 2. The number of carbonyl (C=O) groups is 1. The number of aromatic nitrogens is 2. The lowest BCUT2D eigenvalue weighted by Crippen LogP contribution is -2.40. The third-order valence-corrected chi connectivity index (χ3v) is 5.79. The van der Waals surface area contributed by atoms with Crippen molar-refractivity contribution < 1.29 is 4.79 Å². The summed E-state index contributed by atoms with van der Waals surface area (Å²) in [5, 5.41) is 8.72. The van der Waals surface area contributed by atoms with E-state index in [9.17, 15) is 4.79 Å². The van der Waals surface area contributed by atoms with E-state index in [0.29, 0.717) is 5.13 Å². The Labute approximate surface area is 157 Å². The molecule has 4 rings (SSSR count). The van der Waals surface area contributed by atoms with Crippen molar-refractivity contribution >= 4 is 28.1 Å². The summed E-state index contributed by atoms with van der Waals surface area (Å²) >= 11 is 1.38. The summed E-state index contributed by atoms with van der Waals surface area (Å²) < 4.78 is 0. The number of rotatable bonds is 4. The Kier molecular flexibility index (Phi) is 4.32. The molecule has 0 saturated heterocycles. The quantitative estimate of drug-likeness (QED) is 0.682. The van der Waals surface area contributed by atoms with Crippen LogP contribution in [0.5, 0.6) is 0 Å². The van der Waals surface area contributed by atoms with E-state index in [1.165, 1.54) is 28.0 Å². The van der Waals surface area contributed by atoms with E-state index in [0.717, 1.165) is 24.9 Å². The average molecular weight is 363 g/mol. The van der Waals surface area contributed by atoms with Gasteiger partial charge >= 0.3 is 0 Å². The number of benzene rings is 2. The van der Waals surface area contributed by atoms with E-state index >= 15 is 0 Å². The van der Waals surface area contributed by atoms with Crippen LogP contribution in [0.2, 0.25) is 0 Å². The van der Waals surface area contributed by atoms with Crippen molar-refractivity contribution in [2.45, 2.75) is 33.1 Å². The Bertz CT molecular complexity index is 924. The normalized spacial score (nSPS) is 18.5. The van der Waals surface area contributed by atoms with E-state index in [1.807, 2.05) is 30.3 Å². The molecule has 1 amide bonds. The number of fused-ring (bicyclic) bond motifs is 1. The fraction of sp³-hybridized carbons (Fsp3) is 0.286. The maximum atomic E-state index is 13.7. The third kappa shape index (κ3) is 2.92. The Balaban J connectivity index is 1.70. The monoisotopic (exact) mass is 363 g/mol. The summed E-state index contributed by atoms with van der Waals surface area (Å²) in [5.74, 6) is 0.0784. The molecule has 132 valence electrons. The molecule has 1 aliphatic rings. The van der Waals surface area contributed by atoms with Crippen molar-refractivity contribution in [3.63, 3.8) is 0 Å². The lowest BCUT2D eigenvalue weighted by molar-refractivity contribution is -0.126. The van der Waals surface area contributed by atoms with E-state index in [1.54, 1.807) is 10.4 Å². The molecule has 0 spiro atoms. The number of nitrogens with zero attached hydrogens (tertiary/aromatic N) is 3. The summed E-state index contributed by atoms with van der Waals surface area (Å²) in [5.41, 5.74) is 5.92. The highest BCUT2D eigenvalue weighted by Gasteiger charge is 2.43. The minimum absolute atomic E-state index is 0.0784. The van der Waals surface area contributed by atoms with E-state index in [2.05, 4.69) is 42.2 Å². The maximum absolute atomic E-state index is 13.7. The van der Waals surface area contributed by atoms with E-state index in [-0.39, 0.29) is 5.91 Å². The first-order valence-corrected chi connectivity index (χ1v) is 9.75. The SMILES string of the molecule is CCc1ccc2c(c1)C[C@@](C)(C(=O)N(c1ccccc1)c1nncs1)C2. The fourth-order valence-corrected chi connectivity index (χ4v) is 4.29. The highest BCUT2D eigenvalue weighted by molar-refractivity contribution is 7.13. The minimum Gasteiger partial charge on any atom is -0.273 e. The molecular weight excluding hydrogens is 342 g/mol. The maximum Gasteiger partial charge on any atom is 0.240 e. The highest BCUT2D eigenvalue weighted by Crippen LogP contribution is 2.41. The van der Waals surface area contributed by atoms with Gasteiger partial charge in [0.1, 0.15) is 5.51 Å². The Morgan fingerprint density at radius 1 is 1.15 bits per heavy atom. The van der Waals surface area contributed by atoms with Gasteiger partial charge in [-0.1, -0.05) is 61.6 Å². The van der Waals surface area contributed by atoms with Crippen LogP contribution in [0.15, 0.2) is 54.0 Å². The molecule has 5 heteroatoms. The van der Waals surface area contributed by atoms with Gasteiger partial charge in [0.05, 0.1) is 11.1 Å². The predicted molar refractivity (Wildman–Crippen MR) is 105 cm³/mol. The first kappa shape index (κ1) is 16.9. The summed E-state index contributed by atoms with van der Waals surface area (Å²) in [4.78, 5) is 15.4. The Morgan fingerprint density at radius 3 is 2.62 bits per heavy atom. The second-order valence-electron chi connectivity index (χ2n) is 7.07. The third-order valence-electron chi connectivity index (χ3n) is 5.11. The van der Waals surface area contributed by atoms with Crippen LogP contribution in [-0.4, -0.2) is 16.1 Å².